The zero-order valence-corrected chi connectivity index (χ0v) is 43.2. The summed E-state index contributed by atoms with van der Waals surface area (Å²) in [6.07, 6.45) is -19.5. The second-order valence-electron chi connectivity index (χ2n) is 25.4. The zero-order valence-electron chi connectivity index (χ0n) is 43.2. The van der Waals surface area contributed by atoms with Crippen molar-refractivity contribution in [3.63, 3.8) is 0 Å². The Kier molecular flexibility index (Phi) is 15.6. The zero-order chi connectivity index (χ0) is 53.1. The van der Waals surface area contributed by atoms with E-state index < -0.39 is 160 Å². The molecule has 9 aliphatic rings. The average molecular weight is 1050 g/mol. The minimum atomic E-state index is -1.87. The van der Waals surface area contributed by atoms with Crippen molar-refractivity contribution in [1.82, 2.24) is 0 Å². The van der Waals surface area contributed by atoms with Gasteiger partial charge in [-0.15, -0.1) is 0 Å². The summed E-state index contributed by atoms with van der Waals surface area (Å²) in [5.41, 5.74) is -0.395. The Balaban J connectivity index is 0.965. The van der Waals surface area contributed by atoms with Gasteiger partial charge in [-0.05, 0) is 109 Å². The molecule has 0 spiro atoms. The van der Waals surface area contributed by atoms with E-state index in [-0.39, 0.29) is 39.4 Å². The van der Waals surface area contributed by atoms with E-state index in [2.05, 4.69) is 54.5 Å². The van der Waals surface area contributed by atoms with E-state index in [1.807, 2.05) is 0 Å². The Bertz CT molecular complexity index is 2010. The van der Waals surface area contributed by atoms with Gasteiger partial charge in [-0.2, -0.15) is 0 Å². The van der Waals surface area contributed by atoms with E-state index in [9.17, 15) is 66.1 Å². The molecule has 0 amide bonds. The molecule has 4 heterocycles. The lowest BCUT2D eigenvalue weighted by Gasteiger charge is -2.71. The molecule has 418 valence electrons. The van der Waals surface area contributed by atoms with Crippen LogP contribution in [0.3, 0.4) is 0 Å². The van der Waals surface area contributed by atoms with Crippen LogP contribution in [0.4, 0.5) is 0 Å². The van der Waals surface area contributed by atoms with Crippen LogP contribution in [0.1, 0.15) is 113 Å². The highest BCUT2D eigenvalue weighted by atomic mass is 16.8. The Morgan fingerprint density at radius 3 is 1.90 bits per heavy atom. The van der Waals surface area contributed by atoms with E-state index in [1.165, 1.54) is 5.57 Å². The Morgan fingerprint density at radius 1 is 0.616 bits per heavy atom. The first-order valence-electron chi connectivity index (χ1n) is 26.6. The molecule has 2 unspecified atom stereocenters. The van der Waals surface area contributed by atoms with Gasteiger partial charge in [-0.25, -0.2) is 0 Å². The smallest absolute Gasteiger partial charge is 0.310 e. The number of ether oxygens (including phenoxy) is 8. The fourth-order valence-corrected chi connectivity index (χ4v) is 15.9. The summed E-state index contributed by atoms with van der Waals surface area (Å²) in [5, 5.41) is 129. The molecule has 0 aromatic rings. The predicted octanol–water partition coefficient (Wildman–Crippen LogP) is -0.191. The molecule has 4 saturated heterocycles. The highest BCUT2D eigenvalue weighted by molar-refractivity contribution is 5.76. The maximum atomic E-state index is 13.2. The van der Waals surface area contributed by atoms with Crippen LogP contribution >= 0.6 is 0 Å². The lowest BCUT2D eigenvalue weighted by Crippen LogP contribution is -2.67. The van der Waals surface area contributed by atoms with E-state index in [4.69, 9.17) is 37.9 Å². The van der Waals surface area contributed by atoms with Crippen molar-refractivity contribution in [3.8, 4) is 0 Å². The quantitative estimate of drug-likeness (QED) is 0.0942. The number of hydrogen-bond donors (Lipinski definition) is 12. The summed E-state index contributed by atoms with van der Waals surface area (Å²) in [6.45, 7) is 14.0. The summed E-state index contributed by atoms with van der Waals surface area (Å²) in [4.78, 5) is 13.2. The number of aliphatic hydroxyl groups is 11. The van der Waals surface area contributed by atoms with Gasteiger partial charge < -0.3 is 99.2 Å². The molecule has 0 bridgehead atoms. The summed E-state index contributed by atoms with van der Waals surface area (Å²) >= 11 is 0. The van der Waals surface area contributed by atoms with Crippen molar-refractivity contribution in [2.24, 2.45) is 50.2 Å². The highest BCUT2D eigenvalue weighted by Gasteiger charge is 2.70. The number of hydrogen-bond acceptors (Lipinski definition) is 20. The number of fused-ring (bicyclic) bond motifs is 7. The molecule has 21 nitrogen and oxygen atoms in total. The molecule has 9 rings (SSSR count). The molecule has 12 N–H and O–H groups in total. The maximum Gasteiger partial charge on any atom is 0.310 e. The lowest BCUT2D eigenvalue weighted by atomic mass is 9.33. The molecule has 5 aliphatic carbocycles. The summed E-state index contributed by atoms with van der Waals surface area (Å²) in [6, 6.07) is 0. The topological polar surface area (TPSA) is 334 Å². The van der Waals surface area contributed by atoms with Gasteiger partial charge in [-0.1, -0.05) is 60.1 Å². The van der Waals surface area contributed by atoms with Crippen molar-refractivity contribution in [3.05, 3.63) is 11.6 Å². The first kappa shape index (κ1) is 56.2. The number of carbonyl (C=O) groups is 1. The number of carboxylic acid groups (broad SMARTS) is 1. The molecular formula is C52H84O21. The van der Waals surface area contributed by atoms with E-state index in [1.54, 1.807) is 0 Å². The summed E-state index contributed by atoms with van der Waals surface area (Å²) < 4.78 is 48.2. The molecule has 4 aliphatic heterocycles. The minimum Gasteiger partial charge on any atom is -0.481 e. The molecule has 73 heavy (non-hydrogen) atoms. The van der Waals surface area contributed by atoms with Gasteiger partial charge in [0.2, 0.25) is 0 Å². The lowest BCUT2D eigenvalue weighted by molar-refractivity contribution is -0.384. The molecule has 4 saturated carbocycles. The second kappa shape index (κ2) is 20.3. The second-order valence-corrected chi connectivity index (χ2v) is 25.4. The average Bonchev–Trinajstić information content (AvgIpc) is 3.33. The third kappa shape index (κ3) is 9.29. The summed E-state index contributed by atoms with van der Waals surface area (Å²) in [5.74, 6) is -0.301. The predicted molar refractivity (Wildman–Crippen MR) is 251 cm³/mol. The highest BCUT2D eigenvalue weighted by Crippen LogP contribution is 2.76. The van der Waals surface area contributed by atoms with E-state index in [0.717, 1.165) is 44.9 Å². The fraction of sp³-hybridized carbons (Fsp3) is 0.942. The summed E-state index contributed by atoms with van der Waals surface area (Å²) in [7, 11) is 0. The van der Waals surface area contributed by atoms with Crippen LogP contribution in [0.5, 0.6) is 0 Å². The van der Waals surface area contributed by atoms with Crippen LogP contribution in [-0.4, -0.2) is 210 Å². The van der Waals surface area contributed by atoms with Crippen LogP contribution in [-0.2, 0) is 42.7 Å². The Morgan fingerprint density at radius 2 is 1.22 bits per heavy atom. The first-order chi connectivity index (χ1) is 34.2. The number of carboxylic acids is 1. The molecule has 0 aromatic heterocycles. The normalized spacial score (nSPS) is 53.7. The monoisotopic (exact) mass is 1040 g/mol. The molecule has 0 aromatic carbocycles. The molecule has 0 radical (unpaired) electrons. The van der Waals surface area contributed by atoms with Crippen LogP contribution in [0, 0.1) is 50.2 Å². The first-order valence-corrected chi connectivity index (χ1v) is 26.6. The third-order valence-electron chi connectivity index (χ3n) is 20.7. The van der Waals surface area contributed by atoms with Crippen LogP contribution in [0.15, 0.2) is 11.6 Å². The molecule has 21 heteroatoms. The molecular weight excluding hydrogens is 961 g/mol. The van der Waals surface area contributed by atoms with Gasteiger partial charge >= 0.3 is 5.97 Å². The Labute approximate surface area is 426 Å². The van der Waals surface area contributed by atoms with Gasteiger partial charge in [-0.3, -0.25) is 4.79 Å². The molecule has 26 atom stereocenters. The number of aliphatic hydroxyl groups excluding tert-OH is 11. The maximum absolute atomic E-state index is 13.2. The number of allylic oxidation sites excluding steroid dienone is 2. The van der Waals surface area contributed by atoms with E-state index >= 15 is 0 Å². The largest absolute Gasteiger partial charge is 0.481 e. The Hall–Kier alpha value is -1.55. The number of rotatable bonds is 11. The van der Waals surface area contributed by atoms with Crippen molar-refractivity contribution in [2.45, 2.75) is 229 Å². The van der Waals surface area contributed by atoms with E-state index in [0.29, 0.717) is 19.3 Å². The minimum absolute atomic E-state index is 0.0198. The van der Waals surface area contributed by atoms with Crippen molar-refractivity contribution < 1.29 is 104 Å². The van der Waals surface area contributed by atoms with Gasteiger partial charge in [0.05, 0.1) is 37.9 Å². The van der Waals surface area contributed by atoms with Crippen LogP contribution < -0.4 is 0 Å². The number of aliphatic carboxylic acids is 1. The third-order valence-corrected chi connectivity index (χ3v) is 20.7. The molecule has 8 fully saturated rings. The van der Waals surface area contributed by atoms with Crippen LogP contribution in [0.2, 0.25) is 0 Å². The SMILES string of the molecule is CC1(C)CC[C@]2(C(=O)O)CC[C@]3(C)C(=CCC4[C@@]5(C)CC[C@H](O[C@@H]6O[C@H](CO[C@@H]7OC[C@H](O)[C@H](O)[C@H]7O[C@@H]7OC[C@@H](O)[C@H](O)[C@H]7O)[C@@H](O)[C@H](O)[C@H]6O[C@@H]6O[C@H](CO)[C@@H](O)[C@H](O)[C@H]6O)C(C)(C)C5CC[C@]43C)[C@@H]2C1. The van der Waals surface area contributed by atoms with Crippen molar-refractivity contribution in [2.75, 3.05) is 26.4 Å². The van der Waals surface area contributed by atoms with Gasteiger partial charge in [0, 0.05) is 0 Å². The van der Waals surface area contributed by atoms with Crippen LogP contribution in [0.25, 0.3) is 0 Å². The van der Waals surface area contributed by atoms with Gasteiger partial charge in [0.25, 0.3) is 0 Å². The van der Waals surface area contributed by atoms with Crippen molar-refractivity contribution in [1.29, 1.82) is 0 Å². The standard InChI is InChI=1S/C52H84O21/c1-47(2)14-16-52(46(64)65)17-15-50(6)23(24(52)18-47)8-9-30-49(5)12-11-31(48(3,4)29(49)10-13-51(30,50)7)71-45-41(73-43-39(63)36(60)34(58)27(19-53)69-43)37(61)35(59)28(70-45)22-68-44-40(33(57)26(55)21-67-44)72-42-38(62)32(56)25(54)20-66-42/h8,24-45,53-63H,9-22H2,1-7H3,(H,64,65)/t24-,25+,26-,27+,28+,29?,30?,31-,32-,33-,34+,35+,36-,37-,38+,39+,40+,41+,42-,43-,44-,45-,49-,50+,51+,52-/m0/s1. The van der Waals surface area contributed by atoms with Gasteiger partial charge in [0.1, 0.15) is 85.5 Å². The fourth-order valence-electron chi connectivity index (χ4n) is 15.9. The van der Waals surface area contributed by atoms with Crippen molar-refractivity contribution >= 4 is 5.97 Å². The van der Waals surface area contributed by atoms with Gasteiger partial charge in [0.15, 0.2) is 25.2 Å².